The van der Waals surface area contributed by atoms with E-state index in [4.69, 9.17) is 0 Å². The summed E-state index contributed by atoms with van der Waals surface area (Å²) in [5.41, 5.74) is 0.901. The second kappa shape index (κ2) is 11.0. The van der Waals surface area contributed by atoms with Crippen LogP contribution in [0.1, 0.15) is 6.42 Å². The van der Waals surface area contributed by atoms with Crippen LogP contribution in [0.4, 0.5) is 32.0 Å². The quantitative estimate of drug-likeness (QED) is 0.367. The van der Waals surface area contributed by atoms with Crippen molar-refractivity contribution in [1.82, 2.24) is 4.72 Å². The first-order valence-corrected chi connectivity index (χ1v) is 11.0. The van der Waals surface area contributed by atoms with Gasteiger partial charge in [-0.25, -0.2) is 13.1 Å². The molecule has 0 radical (unpaired) electrons. The molecule has 2 aromatic carbocycles. The molecule has 2 rings (SSSR count). The smallest absolute Gasteiger partial charge is 0.422 e. The van der Waals surface area contributed by atoms with E-state index in [1.807, 2.05) is 35.2 Å². The molecule has 0 unspecified atom stereocenters. The van der Waals surface area contributed by atoms with Crippen LogP contribution in [-0.4, -0.2) is 54.1 Å². The SMILES string of the molecule is CN(CCCNS(=O)(=O)c1cc(OCC(F)(F)F)ccc1OCC(F)(F)F)c1ccccc1. The van der Waals surface area contributed by atoms with Crippen LogP contribution in [0, 0.1) is 0 Å². The average molecular weight is 500 g/mol. The van der Waals surface area contributed by atoms with Gasteiger partial charge in [0.05, 0.1) is 0 Å². The lowest BCUT2D eigenvalue weighted by Gasteiger charge is -2.19. The molecule has 0 aromatic heterocycles. The lowest BCUT2D eigenvalue weighted by molar-refractivity contribution is -0.154. The molecule has 0 spiro atoms. The number of hydrogen-bond donors (Lipinski definition) is 1. The van der Waals surface area contributed by atoms with Crippen LogP contribution in [0.3, 0.4) is 0 Å². The molecule has 0 aliphatic heterocycles. The summed E-state index contributed by atoms with van der Waals surface area (Å²) in [4.78, 5) is 1.11. The molecule has 0 saturated carbocycles. The molecule has 13 heteroatoms. The number of hydrogen-bond acceptors (Lipinski definition) is 5. The van der Waals surface area contributed by atoms with Gasteiger partial charge >= 0.3 is 12.4 Å². The number of alkyl halides is 6. The summed E-state index contributed by atoms with van der Waals surface area (Å²) in [7, 11) is -2.62. The van der Waals surface area contributed by atoms with Crippen molar-refractivity contribution in [1.29, 1.82) is 0 Å². The molecule has 0 saturated heterocycles. The van der Waals surface area contributed by atoms with E-state index in [-0.39, 0.29) is 6.54 Å². The second-order valence-electron chi connectivity index (χ2n) is 6.92. The molecule has 0 bridgehead atoms. The largest absolute Gasteiger partial charge is 0.484 e. The molecular weight excluding hydrogens is 478 g/mol. The standard InChI is InChI=1S/C20H22F6N2O4S/c1-28(15-6-3-2-4-7-15)11-5-10-27-33(29,30)18-12-16(31-13-19(21,22)23)8-9-17(18)32-14-20(24,25)26/h2-4,6-9,12,27H,5,10-11,13-14H2,1H3. The van der Waals surface area contributed by atoms with Crippen molar-refractivity contribution in [3.8, 4) is 11.5 Å². The third-order valence-corrected chi connectivity index (χ3v) is 5.64. The predicted octanol–water partition coefficient (Wildman–Crippen LogP) is 4.37. The van der Waals surface area contributed by atoms with Gasteiger partial charge in [-0.3, -0.25) is 0 Å². The van der Waals surface area contributed by atoms with Gasteiger partial charge in [-0.2, -0.15) is 26.3 Å². The Labute approximate surface area is 187 Å². The van der Waals surface area contributed by atoms with E-state index >= 15 is 0 Å². The highest BCUT2D eigenvalue weighted by Gasteiger charge is 2.31. The van der Waals surface area contributed by atoms with Crippen LogP contribution < -0.4 is 19.1 Å². The van der Waals surface area contributed by atoms with Crippen LogP contribution in [0.2, 0.25) is 0 Å². The van der Waals surface area contributed by atoms with Gasteiger partial charge in [0, 0.05) is 31.9 Å². The number of halogens is 6. The van der Waals surface area contributed by atoms with Gasteiger partial charge in [-0.1, -0.05) is 18.2 Å². The number of sulfonamides is 1. The van der Waals surface area contributed by atoms with E-state index in [2.05, 4.69) is 14.2 Å². The van der Waals surface area contributed by atoms with E-state index < -0.39 is 52.0 Å². The first-order chi connectivity index (χ1) is 15.3. The molecule has 0 heterocycles. The lowest BCUT2D eigenvalue weighted by Crippen LogP contribution is -2.29. The van der Waals surface area contributed by atoms with Crippen molar-refractivity contribution in [3.05, 3.63) is 48.5 Å². The zero-order valence-corrected chi connectivity index (χ0v) is 18.2. The molecule has 1 N–H and O–H groups in total. The maximum atomic E-state index is 12.7. The normalized spacial score (nSPS) is 12.5. The van der Waals surface area contributed by atoms with Crippen molar-refractivity contribution in [3.63, 3.8) is 0 Å². The molecule has 0 aliphatic rings. The van der Waals surface area contributed by atoms with E-state index in [1.54, 1.807) is 7.05 Å². The van der Waals surface area contributed by atoms with Gasteiger partial charge in [-0.15, -0.1) is 0 Å². The van der Waals surface area contributed by atoms with Crippen molar-refractivity contribution < 1.29 is 44.2 Å². The Morgan fingerprint density at radius 1 is 0.909 bits per heavy atom. The highest BCUT2D eigenvalue weighted by Crippen LogP contribution is 2.31. The molecule has 184 valence electrons. The minimum atomic E-state index is -4.75. The zero-order chi connectivity index (χ0) is 24.7. The van der Waals surface area contributed by atoms with Crippen molar-refractivity contribution >= 4 is 15.7 Å². The molecule has 0 fully saturated rings. The van der Waals surface area contributed by atoms with E-state index in [1.165, 1.54) is 0 Å². The van der Waals surface area contributed by atoms with E-state index in [0.717, 1.165) is 17.8 Å². The van der Waals surface area contributed by atoms with Crippen molar-refractivity contribution in [2.24, 2.45) is 0 Å². The van der Waals surface area contributed by atoms with Crippen LogP contribution in [0.15, 0.2) is 53.4 Å². The summed E-state index contributed by atoms with van der Waals surface area (Å²) in [6, 6.07) is 11.6. The van der Waals surface area contributed by atoms with Gasteiger partial charge in [0.2, 0.25) is 10.0 Å². The third-order valence-electron chi connectivity index (χ3n) is 4.16. The summed E-state index contributed by atoms with van der Waals surface area (Å²) < 4.78 is 111. The monoisotopic (exact) mass is 500 g/mol. The van der Waals surface area contributed by atoms with Crippen molar-refractivity contribution in [2.75, 3.05) is 38.3 Å². The Kier molecular flexibility index (Phi) is 8.83. The summed E-state index contributed by atoms with van der Waals surface area (Å²) in [5, 5.41) is 0. The fraction of sp³-hybridized carbons (Fsp3) is 0.400. The van der Waals surface area contributed by atoms with E-state index in [0.29, 0.717) is 19.0 Å². The number of rotatable bonds is 11. The van der Waals surface area contributed by atoms with Crippen molar-refractivity contribution in [2.45, 2.75) is 23.7 Å². The Balaban J connectivity index is 2.11. The Hall–Kier alpha value is -2.67. The zero-order valence-electron chi connectivity index (χ0n) is 17.4. The van der Waals surface area contributed by atoms with Crippen LogP contribution in [-0.2, 0) is 10.0 Å². The number of anilines is 1. The van der Waals surface area contributed by atoms with E-state index in [9.17, 15) is 34.8 Å². The minimum absolute atomic E-state index is 0.0775. The Morgan fingerprint density at radius 3 is 2.12 bits per heavy atom. The molecule has 6 nitrogen and oxygen atoms in total. The first kappa shape index (κ1) is 26.6. The summed E-state index contributed by atoms with van der Waals surface area (Å²) in [5.74, 6) is -1.16. The predicted molar refractivity (Wildman–Crippen MR) is 109 cm³/mol. The van der Waals surface area contributed by atoms with Crippen LogP contribution in [0.25, 0.3) is 0 Å². The highest BCUT2D eigenvalue weighted by molar-refractivity contribution is 7.89. The second-order valence-corrected chi connectivity index (χ2v) is 8.66. The maximum Gasteiger partial charge on any atom is 0.422 e. The number of benzene rings is 2. The van der Waals surface area contributed by atoms with Gasteiger partial charge in [0.25, 0.3) is 0 Å². The summed E-state index contributed by atoms with van der Waals surface area (Å²) >= 11 is 0. The van der Waals surface area contributed by atoms with Gasteiger partial charge < -0.3 is 14.4 Å². The van der Waals surface area contributed by atoms with Crippen LogP contribution in [0.5, 0.6) is 11.5 Å². The third kappa shape index (κ3) is 9.38. The molecule has 33 heavy (non-hydrogen) atoms. The molecular formula is C20H22F6N2O4S. The van der Waals surface area contributed by atoms with Crippen LogP contribution >= 0.6 is 0 Å². The number of ether oxygens (including phenoxy) is 2. The molecule has 0 atom stereocenters. The number of nitrogens with zero attached hydrogens (tertiary/aromatic N) is 1. The number of nitrogens with one attached hydrogen (secondary N) is 1. The number of para-hydroxylation sites is 1. The fourth-order valence-corrected chi connectivity index (χ4v) is 3.88. The molecule has 0 amide bonds. The maximum absolute atomic E-state index is 12.7. The van der Waals surface area contributed by atoms with Gasteiger partial charge in [-0.05, 0) is 30.7 Å². The summed E-state index contributed by atoms with van der Waals surface area (Å²) in [6.45, 7) is -3.10. The molecule has 2 aromatic rings. The lowest BCUT2D eigenvalue weighted by atomic mass is 10.3. The fourth-order valence-electron chi connectivity index (χ4n) is 2.64. The average Bonchev–Trinajstić information content (AvgIpc) is 2.73. The highest BCUT2D eigenvalue weighted by atomic mass is 32.2. The topological polar surface area (TPSA) is 67.9 Å². The van der Waals surface area contributed by atoms with Gasteiger partial charge in [0.15, 0.2) is 13.2 Å². The minimum Gasteiger partial charge on any atom is -0.484 e. The first-order valence-electron chi connectivity index (χ1n) is 9.56. The molecule has 0 aliphatic carbocycles. The summed E-state index contributed by atoms with van der Waals surface area (Å²) in [6.07, 6.45) is -9.09. The van der Waals surface area contributed by atoms with Gasteiger partial charge in [0.1, 0.15) is 16.4 Å². The Bertz CT molecular complexity index is 998. The Morgan fingerprint density at radius 2 is 1.52 bits per heavy atom.